The predicted molar refractivity (Wildman–Crippen MR) is 134 cm³/mol. The fourth-order valence-electron chi connectivity index (χ4n) is 5.47. The zero-order valence-electron chi connectivity index (χ0n) is 20.3. The molecule has 2 fully saturated rings. The van der Waals surface area contributed by atoms with Crippen molar-refractivity contribution >= 4 is 29.0 Å². The second-order valence-electron chi connectivity index (χ2n) is 9.28. The molecule has 2 unspecified atom stereocenters. The minimum atomic E-state index is -1.78. The topological polar surface area (TPSA) is 96.4 Å². The lowest BCUT2D eigenvalue weighted by Crippen LogP contribution is -2.53. The number of carbonyl (C=O) groups excluding carboxylic acids is 3. The lowest BCUT2D eigenvalue weighted by atomic mass is 9.81. The number of rotatable bonds is 6. The number of likely N-dealkylation sites (tertiary alicyclic amines) is 1. The maximum atomic E-state index is 14.0. The molecule has 2 atom stereocenters. The third-order valence-corrected chi connectivity index (χ3v) is 7.15. The number of Topliss-reactive ketones (excluding diaryl/α,β-unsaturated/α-hetero) is 1. The molecule has 2 amide bonds. The molecule has 36 heavy (non-hydrogen) atoms. The minimum absolute atomic E-state index is 0.0721. The molecule has 0 aromatic heterocycles. The van der Waals surface area contributed by atoms with Gasteiger partial charge in [-0.3, -0.25) is 14.4 Å². The molecule has 0 aliphatic carbocycles. The lowest BCUT2D eigenvalue weighted by Gasteiger charge is -2.35. The number of ketones is 1. The SMILES string of the molecule is C=CCOc1ccc(/C(O)=C2\C(=O)C(=O)N(CC3CCCO3)C23C(=O)N(C)c2ccccc23)cc1C. The molecule has 0 saturated carbocycles. The van der Waals surface area contributed by atoms with Crippen molar-refractivity contribution in [1.29, 1.82) is 0 Å². The number of aliphatic hydroxyl groups is 1. The summed E-state index contributed by atoms with van der Waals surface area (Å²) in [6, 6.07) is 12.0. The fourth-order valence-corrected chi connectivity index (χ4v) is 5.47. The molecule has 8 heteroatoms. The summed E-state index contributed by atoms with van der Waals surface area (Å²) in [6.45, 7) is 6.41. The van der Waals surface area contributed by atoms with Crippen molar-refractivity contribution in [3.63, 3.8) is 0 Å². The summed E-state index contributed by atoms with van der Waals surface area (Å²) in [7, 11) is 1.61. The molecule has 3 heterocycles. The van der Waals surface area contributed by atoms with E-state index in [4.69, 9.17) is 9.47 Å². The van der Waals surface area contributed by atoms with E-state index in [2.05, 4.69) is 6.58 Å². The average molecular weight is 489 g/mol. The third-order valence-electron chi connectivity index (χ3n) is 7.15. The molecular weight excluding hydrogens is 460 g/mol. The normalized spacial score (nSPS) is 24.6. The van der Waals surface area contributed by atoms with E-state index >= 15 is 0 Å². The molecule has 0 radical (unpaired) electrons. The van der Waals surface area contributed by atoms with E-state index in [1.807, 2.05) is 6.92 Å². The molecule has 5 rings (SSSR count). The van der Waals surface area contributed by atoms with Crippen molar-refractivity contribution < 1.29 is 29.0 Å². The van der Waals surface area contributed by atoms with Gasteiger partial charge in [-0.15, -0.1) is 0 Å². The molecule has 2 aromatic rings. The summed E-state index contributed by atoms with van der Waals surface area (Å²) in [5, 5.41) is 11.6. The Labute approximate surface area is 209 Å². The summed E-state index contributed by atoms with van der Waals surface area (Å²) >= 11 is 0. The number of hydrogen-bond donors (Lipinski definition) is 1. The first-order valence-electron chi connectivity index (χ1n) is 12.0. The molecule has 8 nitrogen and oxygen atoms in total. The number of anilines is 1. The first kappa shape index (κ1) is 23.8. The molecule has 186 valence electrons. The van der Waals surface area contributed by atoms with E-state index in [1.54, 1.807) is 55.6 Å². The molecule has 2 saturated heterocycles. The Morgan fingerprint density at radius 1 is 1.25 bits per heavy atom. The number of carbonyl (C=O) groups is 3. The number of amides is 2. The quantitative estimate of drug-likeness (QED) is 0.290. The van der Waals surface area contributed by atoms with E-state index in [0.717, 1.165) is 18.4 Å². The van der Waals surface area contributed by atoms with Crippen molar-refractivity contribution in [2.45, 2.75) is 31.4 Å². The lowest BCUT2D eigenvalue weighted by molar-refractivity contribution is -0.145. The highest BCUT2D eigenvalue weighted by atomic mass is 16.5. The summed E-state index contributed by atoms with van der Waals surface area (Å²) in [6.07, 6.45) is 2.89. The van der Waals surface area contributed by atoms with Crippen LogP contribution in [0.1, 0.15) is 29.5 Å². The summed E-state index contributed by atoms with van der Waals surface area (Å²) in [5.74, 6) is -1.99. The zero-order chi connectivity index (χ0) is 25.6. The van der Waals surface area contributed by atoms with Gasteiger partial charge in [0.05, 0.1) is 11.7 Å². The van der Waals surface area contributed by atoms with Crippen molar-refractivity contribution in [3.05, 3.63) is 77.4 Å². The van der Waals surface area contributed by atoms with Gasteiger partial charge in [0.2, 0.25) is 0 Å². The number of ether oxygens (including phenoxy) is 2. The van der Waals surface area contributed by atoms with Crippen LogP contribution in [0.15, 0.2) is 60.7 Å². The third kappa shape index (κ3) is 3.36. The Hall–Kier alpha value is -3.91. The number of aryl methyl sites for hydroxylation is 1. The maximum Gasteiger partial charge on any atom is 0.296 e. The van der Waals surface area contributed by atoms with Crippen molar-refractivity contribution in [2.75, 3.05) is 31.7 Å². The van der Waals surface area contributed by atoms with Gasteiger partial charge in [-0.05, 0) is 49.6 Å². The van der Waals surface area contributed by atoms with Crippen molar-refractivity contribution in [1.82, 2.24) is 4.90 Å². The number of hydrogen-bond acceptors (Lipinski definition) is 6. The van der Waals surface area contributed by atoms with Gasteiger partial charge in [-0.2, -0.15) is 0 Å². The van der Waals surface area contributed by atoms with Crippen LogP contribution in [0.2, 0.25) is 0 Å². The highest BCUT2D eigenvalue weighted by Gasteiger charge is 2.67. The molecule has 3 aliphatic rings. The van der Waals surface area contributed by atoms with E-state index in [0.29, 0.717) is 35.8 Å². The minimum Gasteiger partial charge on any atom is -0.507 e. The smallest absolute Gasteiger partial charge is 0.296 e. The van der Waals surface area contributed by atoms with Gasteiger partial charge >= 0.3 is 0 Å². The number of para-hydroxylation sites is 1. The van der Waals surface area contributed by atoms with Gasteiger partial charge in [0.15, 0.2) is 5.54 Å². The van der Waals surface area contributed by atoms with E-state index in [9.17, 15) is 19.5 Å². The predicted octanol–water partition coefficient (Wildman–Crippen LogP) is 3.29. The van der Waals surface area contributed by atoms with Gasteiger partial charge in [0, 0.05) is 37.0 Å². The number of aliphatic hydroxyl groups excluding tert-OH is 1. The van der Waals surface area contributed by atoms with E-state index in [1.165, 1.54) is 9.80 Å². The van der Waals surface area contributed by atoms with Crippen LogP contribution < -0.4 is 9.64 Å². The highest BCUT2D eigenvalue weighted by molar-refractivity contribution is 6.50. The van der Waals surface area contributed by atoms with Gasteiger partial charge in [0.1, 0.15) is 18.1 Å². The summed E-state index contributed by atoms with van der Waals surface area (Å²) in [5.41, 5.74) is 0.0931. The fraction of sp³-hybridized carbons (Fsp3) is 0.321. The van der Waals surface area contributed by atoms with Crippen LogP contribution in [-0.2, 0) is 24.7 Å². The van der Waals surface area contributed by atoms with Gasteiger partial charge in [-0.25, -0.2) is 0 Å². The van der Waals surface area contributed by atoms with Crippen molar-refractivity contribution in [2.24, 2.45) is 0 Å². The van der Waals surface area contributed by atoms with Crippen LogP contribution in [-0.4, -0.2) is 60.5 Å². The molecular formula is C28H28N2O6. The monoisotopic (exact) mass is 488 g/mol. The van der Waals surface area contributed by atoms with Crippen LogP contribution in [0, 0.1) is 6.92 Å². The van der Waals surface area contributed by atoms with Crippen LogP contribution in [0.25, 0.3) is 5.76 Å². The van der Waals surface area contributed by atoms with Gasteiger partial charge < -0.3 is 24.4 Å². The Bertz CT molecular complexity index is 1310. The molecule has 2 aromatic carbocycles. The van der Waals surface area contributed by atoms with E-state index in [-0.39, 0.29) is 18.2 Å². The second kappa shape index (κ2) is 8.95. The van der Waals surface area contributed by atoms with Gasteiger partial charge in [0.25, 0.3) is 17.6 Å². The standard InChI is InChI=1S/C28H28N2O6/c1-4-13-36-22-12-11-18(15-17(22)2)24(31)23-25(32)26(33)30(16-19-8-7-14-35-19)28(23)20-9-5-6-10-21(20)29(3)27(28)34/h4-6,9-12,15,19,31H,1,7-8,13-14,16H2,2-3H3/b24-23-. The molecule has 3 aliphatic heterocycles. The number of fused-ring (bicyclic) bond motifs is 2. The Morgan fingerprint density at radius 2 is 2.03 bits per heavy atom. The number of benzene rings is 2. The average Bonchev–Trinajstić information content (AvgIpc) is 3.53. The van der Waals surface area contributed by atoms with E-state index < -0.39 is 28.9 Å². The number of likely N-dealkylation sites (N-methyl/N-ethyl adjacent to an activating group) is 1. The number of nitrogens with zero attached hydrogens (tertiary/aromatic N) is 2. The maximum absolute atomic E-state index is 14.0. The van der Waals surface area contributed by atoms with Gasteiger partial charge in [-0.1, -0.05) is 30.9 Å². The largest absolute Gasteiger partial charge is 0.507 e. The van der Waals surface area contributed by atoms with Crippen LogP contribution in [0.3, 0.4) is 0 Å². The zero-order valence-corrected chi connectivity index (χ0v) is 20.3. The Kier molecular flexibility index (Phi) is 5.92. The van der Waals surface area contributed by atoms with Crippen LogP contribution >= 0.6 is 0 Å². The first-order valence-corrected chi connectivity index (χ1v) is 12.0. The summed E-state index contributed by atoms with van der Waals surface area (Å²) < 4.78 is 11.4. The summed E-state index contributed by atoms with van der Waals surface area (Å²) in [4.78, 5) is 43.8. The molecule has 0 bridgehead atoms. The Balaban J connectivity index is 1.72. The Morgan fingerprint density at radius 3 is 2.72 bits per heavy atom. The van der Waals surface area contributed by atoms with Crippen molar-refractivity contribution in [3.8, 4) is 5.75 Å². The first-order chi connectivity index (χ1) is 17.3. The van der Waals surface area contributed by atoms with Crippen LogP contribution in [0.4, 0.5) is 5.69 Å². The highest BCUT2D eigenvalue weighted by Crippen LogP contribution is 2.53. The molecule has 1 N–H and O–H groups in total. The van der Waals surface area contributed by atoms with Crippen LogP contribution in [0.5, 0.6) is 5.75 Å². The second-order valence-corrected chi connectivity index (χ2v) is 9.28. The molecule has 1 spiro atoms.